The van der Waals surface area contributed by atoms with Crippen molar-refractivity contribution in [2.24, 2.45) is 0 Å². The lowest BCUT2D eigenvalue weighted by atomic mass is 9.93. The first-order valence-corrected chi connectivity index (χ1v) is 6.65. The number of hydrogen-bond acceptors (Lipinski definition) is 2. The number of nitrogens with zero attached hydrogens (tertiary/aromatic N) is 1. The van der Waals surface area contributed by atoms with Gasteiger partial charge in [0, 0.05) is 18.7 Å². The van der Waals surface area contributed by atoms with E-state index in [0.717, 1.165) is 0 Å². The van der Waals surface area contributed by atoms with Gasteiger partial charge in [0.1, 0.15) is 5.82 Å². The first-order valence-electron chi connectivity index (χ1n) is 5.86. The monoisotopic (exact) mass is 315 g/mol. The van der Waals surface area contributed by atoms with Crippen molar-refractivity contribution in [3.63, 3.8) is 0 Å². The maximum absolute atomic E-state index is 13.4. The maximum atomic E-state index is 13.4. The second-order valence-corrected chi connectivity index (χ2v) is 5.77. The van der Waals surface area contributed by atoms with E-state index in [9.17, 15) is 14.3 Å². The third kappa shape index (κ3) is 2.90. The van der Waals surface area contributed by atoms with Crippen LogP contribution in [0.4, 0.5) is 4.39 Å². The number of piperidine rings is 1. The van der Waals surface area contributed by atoms with E-state index in [1.165, 1.54) is 12.1 Å². The molecular formula is C13H15BrFNO2. The summed E-state index contributed by atoms with van der Waals surface area (Å²) in [5.74, 6) is -0.623. The van der Waals surface area contributed by atoms with Gasteiger partial charge in [0.25, 0.3) is 5.91 Å². The van der Waals surface area contributed by atoms with Crippen molar-refractivity contribution in [2.75, 3.05) is 13.1 Å². The number of halogens is 2. The third-order valence-corrected chi connectivity index (χ3v) is 3.94. The zero-order chi connectivity index (χ0) is 13.3. The second kappa shape index (κ2) is 4.97. The molecule has 0 unspecified atom stereocenters. The molecule has 2 rings (SSSR count). The molecule has 0 aromatic heterocycles. The Hall–Kier alpha value is -0.940. The van der Waals surface area contributed by atoms with Gasteiger partial charge in [-0.25, -0.2) is 4.39 Å². The molecule has 98 valence electrons. The van der Waals surface area contributed by atoms with Crippen LogP contribution in [0, 0.1) is 5.82 Å². The Balaban J connectivity index is 2.10. The molecule has 0 aliphatic carbocycles. The Kier molecular flexibility index (Phi) is 3.73. The van der Waals surface area contributed by atoms with Crippen molar-refractivity contribution in [1.82, 2.24) is 4.90 Å². The summed E-state index contributed by atoms with van der Waals surface area (Å²) in [6.07, 6.45) is 1.11. The predicted octanol–water partition coefficient (Wildman–Crippen LogP) is 2.58. The Bertz CT molecular complexity index is 466. The van der Waals surface area contributed by atoms with E-state index in [2.05, 4.69) is 15.9 Å². The smallest absolute Gasteiger partial charge is 0.253 e. The summed E-state index contributed by atoms with van der Waals surface area (Å²) in [4.78, 5) is 13.8. The second-order valence-electron chi connectivity index (χ2n) is 4.92. The minimum atomic E-state index is -0.693. The minimum Gasteiger partial charge on any atom is -0.390 e. The van der Waals surface area contributed by atoms with E-state index in [0.29, 0.717) is 36.0 Å². The fourth-order valence-electron chi connectivity index (χ4n) is 2.00. The summed E-state index contributed by atoms with van der Waals surface area (Å²) in [6, 6.07) is 4.37. The zero-order valence-corrected chi connectivity index (χ0v) is 11.7. The van der Waals surface area contributed by atoms with Crippen molar-refractivity contribution in [1.29, 1.82) is 0 Å². The number of hydrogen-bond donors (Lipinski definition) is 1. The summed E-state index contributed by atoms with van der Waals surface area (Å²) >= 11 is 3.06. The van der Waals surface area contributed by atoms with Gasteiger partial charge in [-0.3, -0.25) is 4.79 Å². The quantitative estimate of drug-likeness (QED) is 0.865. The van der Waals surface area contributed by atoms with E-state index in [-0.39, 0.29) is 5.91 Å². The van der Waals surface area contributed by atoms with Crippen LogP contribution in [0.15, 0.2) is 22.7 Å². The summed E-state index contributed by atoms with van der Waals surface area (Å²) in [6.45, 7) is 2.78. The molecule has 0 radical (unpaired) electrons. The Morgan fingerprint density at radius 1 is 1.44 bits per heavy atom. The van der Waals surface area contributed by atoms with E-state index in [4.69, 9.17) is 0 Å². The highest BCUT2D eigenvalue weighted by atomic mass is 79.9. The molecule has 1 N–H and O–H groups in total. The van der Waals surface area contributed by atoms with Gasteiger partial charge in [0.05, 0.1) is 10.1 Å². The van der Waals surface area contributed by atoms with Gasteiger partial charge >= 0.3 is 0 Å². The predicted molar refractivity (Wildman–Crippen MR) is 69.9 cm³/mol. The Labute approximate surface area is 114 Å². The van der Waals surface area contributed by atoms with Gasteiger partial charge in [0.2, 0.25) is 0 Å². The molecule has 1 aromatic carbocycles. The van der Waals surface area contributed by atoms with Crippen LogP contribution in [0.2, 0.25) is 0 Å². The Morgan fingerprint density at radius 3 is 2.61 bits per heavy atom. The number of rotatable bonds is 1. The normalized spacial score (nSPS) is 18.8. The summed E-state index contributed by atoms with van der Waals surface area (Å²) in [5, 5.41) is 9.82. The topological polar surface area (TPSA) is 40.5 Å². The number of amides is 1. The van der Waals surface area contributed by atoms with Gasteiger partial charge in [-0.15, -0.1) is 0 Å². The SMILES string of the molecule is CC1(O)CCN(C(=O)c2ccc(Br)c(F)c2)CC1. The molecule has 0 spiro atoms. The van der Waals surface area contributed by atoms with Gasteiger partial charge in [-0.1, -0.05) is 0 Å². The molecule has 3 nitrogen and oxygen atoms in total. The van der Waals surface area contributed by atoms with Gasteiger partial charge in [0.15, 0.2) is 0 Å². The van der Waals surface area contributed by atoms with Crippen LogP contribution in [0.5, 0.6) is 0 Å². The Morgan fingerprint density at radius 2 is 2.06 bits per heavy atom. The number of benzene rings is 1. The van der Waals surface area contributed by atoms with E-state index in [1.807, 2.05) is 0 Å². The average Bonchev–Trinajstić information content (AvgIpc) is 2.32. The number of likely N-dealkylation sites (tertiary alicyclic amines) is 1. The van der Waals surface area contributed by atoms with Crippen LogP contribution in [0.25, 0.3) is 0 Å². The lowest BCUT2D eigenvalue weighted by molar-refractivity contribution is -0.00203. The molecule has 1 amide bonds. The lowest BCUT2D eigenvalue weighted by Crippen LogP contribution is -2.45. The van der Waals surface area contributed by atoms with Crippen molar-refractivity contribution in [3.05, 3.63) is 34.1 Å². The molecule has 1 fully saturated rings. The molecule has 1 aliphatic heterocycles. The van der Waals surface area contributed by atoms with Crippen LogP contribution in [-0.2, 0) is 0 Å². The number of carbonyl (C=O) groups excluding carboxylic acids is 1. The highest BCUT2D eigenvalue weighted by molar-refractivity contribution is 9.10. The maximum Gasteiger partial charge on any atom is 0.253 e. The molecular weight excluding hydrogens is 301 g/mol. The first kappa shape index (κ1) is 13.5. The van der Waals surface area contributed by atoms with Gasteiger partial charge in [-0.05, 0) is 53.9 Å². The molecule has 5 heteroatoms. The van der Waals surface area contributed by atoms with Crippen LogP contribution in [0.1, 0.15) is 30.1 Å². The average molecular weight is 316 g/mol. The molecule has 1 aliphatic rings. The third-order valence-electron chi connectivity index (χ3n) is 3.29. The fraction of sp³-hybridized carbons (Fsp3) is 0.462. The van der Waals surface area contributed by atoms with Crippen molar-refractivity contribution < 1.29 is 14.3 Å². The highest BCUT2D eigenvalue weighted by Gasteiger charge is 2.30. The molecule has 1 aromatic rings. The van der Waals surface area contributed by atoms with E-state index >= 15 is 0 Å². The molecule has 0 bridgehead atoms. The van der Waals surface area contributed by atoms with Crippen LogP contribution < -0.4 is 0 Å². The minimum absolute atomic E-state index is 0.183. The summed E-state index contributed by atoms with van der Waals surface area (Å²) in [5.41, 5.74) is -0.348. The summed E-state index contributed by atoms with van der Waals surface area (Å²) < 4.78 is 13.7. The number of carbonyl (C=O) groups is 1. The molecule has 18 heavy (non-hydrogen) atoms. The number of aliphatic hydroxyl groups is 1. The fourth-order valence-corrected chi connectivity index (χ4v) is 2.25. The molecule has 1 heterocycles. The standard InChI is InChI=1S/C13H15BrFNO2/c1-13(18)4-6-16(7-5-13)12(17)9-2-3-10(14)11(15)8-9/h2-3,8,18H,4-7H2,1H3. The molecule has 0 saturated carbocycles. The largest absolute Gasteiger partial charge is 0.390 e. The van der Waals surface area contributed by atoms with Crippen molar-refractivity contribution >= 4 is 21.8 Å². The molecule has 1 saturated heterocycles. The zero-order valence-electron chi connectivity index (χ0n) is 10.1. The van der Waals surface area contributed by atoms with E-state index < -0.39 is 11.4 Å². The van der Waals surface area contributed by atoms with Gasteiger partial charge < -0.3 is 10.0 Å². The van der Waals surface area contributed by atoms with Crippen molar-refractivity contribution in [3.8, 4) is 0 Å². The first-order chi connectivity index (χ1) is 8.39. The molecule has 0 atom stereocenters. The van der Waals surface area contributed by atoms with Crippen LogP contribution in [-0.4, -0.2) is 34.6 Å². The van der Waals surface area contributed by atoms with Gasteiger partial charge in [-0.2, -0.15) is 0 Å². The van der Waals surface area contributed by atoms with Crippen LogP contribution >= 0.6 is 15.9 Å². The van der Waals surface area contributed by atoms with E-state index in [1.54, 1.807) is 17.9 Å². The lowest BCUT2D eigenvalue weighted by Gasteiger charge is -2.35. The summed E-state index contributed by atoms with van der Waals surface area (Å²) in [7, 11) is 0. The highest BCUT2D eigenvalue weighted by Crippen LogP contribution is 2.23. The van der Waals surface area contributed by atoms with Crippen molar-refractivity contribution in [2.45, 2.75) is 25.4 Å². The van der Waals surface area contributed by atoms with Crippen LogP contribution in [0.3, 0.4) is 0 Å².